The zero-order valence-corrected chi connectivity index (χ0v) is 10.6. The lowest BCUT2D eigenvalue weighted by molar-refractivity contribution is -0.137. The van der Waals surface area contributed by atoms with E-state index >= 15 is 0 Å². The van der Waals surface area contributed by atoms with Crippen molar-refractivity contribution < 1.29 is 18.0 Å². The highest BCUT2D eigenvalue weighted by Gasteiger charge is 2.35. The number of halogens is 3. The highest BCUT2D eigenvalue weighted by Crippen LogP contribution is 2.32. The van der Waals surface area contributed by atoms with Crippen LogP contribution >= 0.6 is 11.3 Å². The molecule has 100 valence electrons. The fourth-order valence-corrected chi connectivity index (χ4v) is 2.54. The number of thiazole rings is 1. The molecule has 1 saturated heterocycles. The highest BCUT2D eigenvalue weighted by molar-refractivity contribution is 7.09. The monoisotopic (exact) mass is 278 g/mol. The van der Waals surface area contributed by atoms with Gasteiger partial charge in [0.2, 0.25) is 0 Å². The molecule has 1 aliphatic heterocycles. The van der Waals surface area contributed by atoms with E-state index < -0.39 is 17.1 Å². The van der Waals surface area contributed by atoms with Crippen LogP contribution in [0.3, 0.4) is 0 Å². The number of likely N-dealkylation sites (tertiary alicyclic amines) is 1. The summed E-state index contributed by atoms with van der Waals surface area (Å²) in [4.78, 5) is 16.9. The smallest absolute Gasteiger partial charge is 0.337 e. The first kappa shape index (κ1) is 13.3. The average Bonchev–Trinajstić information content (AvgIpc) is 2.78. The largest absolute Gasteiger partial charge is 0.443 e. The standard InChI is InChI=1S/C11H13F3N2OS/c1-7-2-4-16(5-3-7)9(17)8-6-18-10(15-8)11(12,13)14/h6-7H,2-5H2,1H3. The van der Waals surface area contributed by atoms with E-state index in [0.29, 0.717) is 30.3 Å². The fourth-order valence-electron chi connectivity index (χ4n) is 1.88. The second-order valence-corrected chi connectivity index (χ2v) is 5.37. The van der Waals surface area contributed by atoms with Crippen molar-refractivity contribution in [2.75, 3.05) is 13.1 Å². The van der Waals surface area contributed by atoms with Gasteiger partial charge in [-0.25, -0.2) is 4.98 Å². The summed E-state index contributed by atoms with van der Waals surface area (Å²) < 4.78 is 37.1. The topological polar surface area (TPSA) is 33.2 Å². The number of hydrogen-bond donors (Lipinski definition) is 0. The number of hydrogen-bond acceptors (Lipinski definition) is 3. The molecule has 0 aliphatic carbocycles. The maximum atomic E-state index is 12.4. The van der Waals surface area contributed by atoms with Crippen LogP contribution in [0.15, 0.2) is 5.38 Å². The summed E-state index contributed by atoms with van der Waals surface area (Å²) in [5, 5.41) is 0.222. The van der Waals surface area contributed by atoms with Crippen LogP contribution in [-0.2, 0) is 6.18 Å². The number of carbonyl (C=O) groups is 1. The van der Waals surface area contributed by atoms with Crippen LogP contribution in [0.1, 0.15) is 35.3 Å². The van der Waals surface area contributed by atoms with E-state index in [-0.39, 0.29) is 5.69 Å². The van der Waals surface area contributed by atoms with Crippen LogP contribution in [-0.4, -0.2) is 28.9 Å². The fraction of sp³-hybridized carbons (Fsp3) is 0.636. The molecule has 0 bridgehead atoms. The molecule has 0 N–H and O–H groups in total. The zero-order chi connectivity index (χ0) is 13.3. The Kier molecular flexibility index (Phi) is 3.61. The van der Waals surface area contributed by atoms with Crippen LogP contribution in [0.4, 0.5) is 13.2 Å². The molecule has 0 spiro atoms. The van der Waals surface area contributed by atoms with E-state index in [1.807, 2.05) is 0 Å². The Hall–Kier alpha value is -1.11. The van der Waals surface area contributed by atoms with Gasteiger partial charge in [0.05, 0.1) is 0 Å². The van der Waals surface area contributed by atoms with Gasteiger partial charge < -0.3 is 4.90 Å². The Morgan fingerprint density at radius 3 is 2.56 bits per heavy atom. The normalized spacial score (nSPS) is 18.1. The minimum atomic E-state index is -4.47. The SMILES string of the molecule is CC1CCN(C(=O)c2csc(C(F)(F)F)n2)CC1. The summed E-state index contributed by atoms with van der Waals surface area (Å²) in [6.07, 6.45) is -2.69. The highest BCUT2D eigenvalue weighted by atomic mass is 32.1. The number of rotatable bonds is 1. The van der Waals surface area contributed by atoms with Crippen molar-refractivity contribution in [3.05, 3.63) is 16.1 Å². The van der Waals surface area contributed by atoms with Crippen LogP contribution < -0.4 is 0 Å². The molecule has 2 heterocycles. The Labute approximate surface area is 107 Å². The molecule has 1 amide bonds. The first-order valence-electron chi connectivity index (χ1n) is 5.70. The molecular weight excluding hydrogens is 265 g/mol. The van der Waals surface area contributed by atoms with Crippen molar-refractivity contribution in [1.29, 1.82) is 0 Å². The van der Waals surface area contributed by atoms with Gasteiger partial charge in [-0.05, 0) is 18.8 Å². The minimum Gasteiger partial charge on any atom is -0.337 e. The van der Waals surface area contributed by atoms with Crippen LogP contribution in [0, 0.1) is 5.92 Å². The van der Waals surface area contributed by atoms with E-state index in [1.54, 1.807) is 4.90 Å². The summed E-state index contributed by atoms with van der Waals surface area (Å²) >= 11 is 0.466. The molecule has 0 saturated carbocycles. The Balaban J connectivity index is 2.07. The Morgan fingerprint density at radius 1 is 1.44 bits per heavy atom. The number of alkyl halides is 3. The van der Waals surface area contributed by atoms with Crippen LogP contribution in [0.25, 0.3) is 0 Å². The third kappa shape index (κ3) is 2.82. The van der Waals surface area contributed by atoms with E-state index in [0.717, 1.165) is 12.8 Å². The first-order valence-corrected chi connectivity index (χ1v) is 6.58. The molecular formula is C11H13F3N2OS. The van der Waals surface area contributed by atoms with Crippen molar-refractivity contribution in [1.82, 2.24) is 9.88 Å². The molecule has 7 heteroatoms. The van der Waals surface area contributed by atoms with Gasteiger partial charge in [-0.15, -0.1) is 11.3 Å². The molecule has 1 fully saturated rings. The van der Waals surface area contributed by atoms with Gasteiger partial charge in [0.1, 0.15) is 5.69 Å². The summed E-state index contributed by atoms with van der Waals surface area (Å²) in [6.45, 7) is 3.30. The molecule has 0 atom stereocenters. The van der Waals surface area contributed by atoms with Gasteiger partial charge in [-0.3, -0.25) is 4.79 Å². The average molecular weight is 278 g/mol. The third-order valence-electron chi connectivity index (χ3n) is 3.04. The van der Waals surface area contributed by atoms with Crippen molar-refractivity contribution in [3.8, 4) is 0 Å². The predicted molar refractivity (Wildman–Crippen MR) is 61.4 cm³/mol. The zero-order valence-electron chi connectivity index (χ0n) is 9.83. The molecule has 0 unspecified atom stereocenters. The summed E-state index contributed by atoms with van der Waals surface area (Å²) in [6, 6.07) is 0. The van der Waals surface area contributed by atoms with Gasteiger partial charge in [0.15, 0.2) is 5.01 Å². The maximum absolute atomic E-state index is 12.4. The number of piperidine rings is 1. The van der Waals surface area contributed by atoms with Crippen molar-refractivity contribution in [3.63, 3.8) is 0 Å². The third-order valence-corrected chi connectivity index (χ3v) is 3.92. The molecule has 1 aromatic heterocycles. The van der Waals surface area contributed by atoms with Gasteiger partial charge in [-0.1, -0.05) is 6.92 Å². The van der Waals surface area contributed by atoms with E-state index in [9.17, 15) is 18.0 Å². The van der Waals surface area contributed by atoms with Crippen molar-refractivity contribution >= 4 is 17.2 Å². The number of carbonyl (C=O) groups excluding carboxylic acids is 1. The van der Waals surface area contributed by atoms with E-state index in [1.165, 1.54) is 5.38 Å². The van der Waals surface area contributed by atoms with Crippen LogP contribution in [0.5, 0.6) is 0 Å². The van der Waals surface area contributed by atoms with Crippen LogP contribution in [0.2, 0.25) is 0 Å². The Morgan fingerprint density at radius 2 is 2.06 bits per heavy atom. The van der Waals surface area contributed by atoms with Gasteiger partial charge in [-0.2, -0.15) is 13.2 Å². The van der Waals surface area contributed by atoms with Crippen molar-refractivity contribution in [2.45, 2.75) is 25.9 Å². The lowest BCUT2D eigenvalue weighted by atomic mass is 9.99. The summed E-state index contributed by atoms with van der Waals surface area (Å²) in [5.41, 5.74) is -0.0955. The molecule has 2 rings (SSSR count). The van der Waals surface area contributed by atoms with Gasteiger partial charge >= 0.3 is 6.18 Å². The summed E-state index contributed by atoms with van der Waals surface area (Å²) in [5.74, 6) is 0.170. The summed E-state index contributed by atoms with van der Waals surface area (Å²) in [7, 11) is 0. The van der Waals surface area contributed by atoms with Gasteiger partial charge in [0.25, 0.3) is 5.91 Å². The molecule has 18 heavy (non-hydrogen) atoms. The molecule has 0 radical (unpaired) electrons. The number of aromatic nitrogens is 1. The minimum absolute atomic E-state index is 0.0955. The van der Waals surface area contributed by atoms with Crippen molar-refractivity contribution in [2.24, 2.45) is 5.92 Å². The maximum Gasteiger partial charge on any atom is 0.443 e. The van der Waals surface area contributed by atoms with E-state index in [2.05, 4.69) is 11.9 Å². The molecule has 3 nitrogen and oxygen atoms in total. The predicted octanol–water partition coefficient (Wildman–Crippen LogP) is 3.03. The lowest BCUT2D eigenvalue weighted by Gasteiger charge is -2.29. The Bertz CT molecular complexity index is 436. The molecule has 1 aliphatic rings. The number of amides is 1. The van der Waals surface area contributed by atoms with Gasteiger partial charge in [0, 0.05) is 18.5 Å². The first-order chi connectivity index (χ1) is 8.38. The second-order valence-electron chi connectivity index (χ2n) is 4.51. The molecule has 1 aromatic rings. The molecule has 0 aromatic carbocycles. The quantitative estimate of drug-likeness (QED) is 0.791. The lowest BCUT2D eigenvalue weighted by Crippen LogP contribution is -2.38. The second kappa shape index (κ2) is 4.87. The van der Waals surface area contributed by atoms with E-state index in [4.69, 9.17) is 0 Å². The number of nitrogens with zero attached hydrogens (tertiary/aromatic N) is 2.